The third-order valence-corrected chi connectivity index (χ3v) is 5.72. The maximum absolute atomic E-state index is 13.0. The topological polar surface area (TPSA) is 84.9 Å². The number of carbonyl (C=O) groups excluding carboxylic acids is 3. The minimum Gasteiger partial charge on any atom is -0.487 e. The summed E-state index contributed by atoms with van der Waals surface area (Å²) in [4.78, 5) is 39.1. The van der Waals surface area contributed by atoms with Crippen molar-refractivity contribution in [1.29, 1.82) is 0 Å². The highest BCUT2D eigenvalue weighted by atomic mass is 32.2. The van der Waals surface area contributed by atoms with Crippen LogP contribution in [0.15, 0.2) is 29.4 Å². The largest absolute Gasteiger partial charge is 0.487 e. The first-order valence-corrected chi connectivity index (χ1v) is 10.9. The molecule has 1 aromatic rings. The maximum atomic E-state index is 13.0. The molecule has 8 heteroatoms. The molecule has 0 aromatic heterocycles. The Balaban J connectivity index is 1.71. The van der Waals surface area contributed by atoms with Gasteiger partial charge in [-0.15, -0.1) is 11.8 Å². The number of anilines is 1. The van der Waals surface area contributed by atoms with Gasteiger partial charge in [0, 0.05) is 35.5 Å². The Morgan fingerprint density at radius 1 is 1.34 bits per heavy atom. The van der Waals surface area contributed by atoms with Crippen LogP contribution < -0.4 is 5.32 Å². The summed E-state index contributed by atoms with van der Waals surface area (Å²) in [5, 5.41) is 4.53. The van der Waals surface area contributed by atoms with Crippen LogP contribution in [-0.4, -0.2) is 54.7 Å². The van der Waals surface area contributed by atoms with Gasteiger partial charge in [0.05, 0.1) is 19.1 Å². The highest BCUT2D eigenvalue weighted by Gasteiger charge is 2.30. The summed E-state index contributed by atoms with van der Waals surface area (Å²) >= 11 is 1.53. The van der Waals surface area contributed by atoms with Gasteiger partial charge in [-0.2, -0.15) is 0 Å². The predicted octanol–water partition coefficient (Wildman–Crippen LogP) is 2.95. The molecule has 0 saturated carbocycles. The molecule has 0 radical (unpaired) electrons. The summed E-state index contributed by atoms with van der Waals surface area (Å²) < 4.78 is 10.5. The molecule has 156 valence electrons. The monoisotopic (exact) mass is 418 g/mol. The van der Waals surface area contributed by atoms with E-state index in [1.165, 1.54) is 11.8 Å². The summed E-state index contributed by atoms with van der Waals surface area (Å²) in [6.45, 7) is 5.43. The van der Waals surface area contributed by atoms with Crippen molar-refractivity contribution < 1.29 is 23.9 Å². The number of aryl methyl sites for hydroxylation is 1. The third kappa shape index (κ3) is 5.32. The van der Waals surface area contributed by atoms with Gasteiger partial charge in [0.15, 0.2) is 5.76 Å². The van der Waals surface area contributed by atoms with Crippen LogP contribution in [0.25, 0.3) is 0 Å². The zero-order valence-electron chi connectivity index (χ0n) is 16.7. The van der Waals surface area contributed by atoms with Gasteiger partial charge in [0.1, 0.15) is 0 Å². The molecule has 2 heterocycles. The van der Waals surface area contributed by atoms with E-state index in [-0.39, 0.29) is 29.5 Å². The fourth-order valence-electron chi connectivity index (χ4n) is 3.36. The molecule has 1 fully saturated rings. The molecule has 29 heavy (non-hydrogen) atoms. The first-order valence-electron chi connectivity index (χ1n) is 9.82. The molecule has 2 amide bonds. The predicted molar refractivity (Wildman–Crippen MR) is 112 cm³/mol. The molecule has 1 N–H and O–H groups in total. The zero-order chi connectivity index (χ0) is 20.8. The minimum absolute atomic E-state index is 0.154. The Bertz CT molecular complexity index is 823. The van der Waals surface area contributed by atoms with Crippen LogP contribution in [0.1, 0.15) is 35.7 Å². The van der Waals surface area contributed by atoms with E-state index in [0.29, 0.717) is 37.6 Å². The average Bonchev–Trinajstić information content (AvgIpc) is 2.75. The molecule has 1 atom stereocenters. The van der Waals surface area contributed by atoms with E-state index < -0.39 is 0 Å². The van der Waals surface area contributed by atoms with Gasteiger partial charge in [0.2, 0.25) is 0 Å². The van der Waals surface area contributed by atoms with E-state index >= 15 is 0 Å². The number of rotatable bonds is 5. The first-order chi connectivity index (χ1) is 14.0. The van der Waals surface area contributed by atoms with Crippen LogP contribution in [0.4, 0.5) is 5.69 Å². The Labute approximate surface area is 174 Å². The lowest BCUT2D eigenvalue weighted by molar-refractivity contribution is -0.149. The van der Waals surface area contributed by atoms with Crippen molar-refractivity contribution in [2.24, 2.45) is 5.92 Å². The molecule has 1 saturated heterocycles. The second-order valence-corrected chi connectivity index (χ2v) is 8.00. The molecule has 0 bridgehead atoms. The maximum Gasteiger partial charge on any atom is 0.310 e. The molecular formula is C21H26N2O5S. The highest BCUT2D eigenvalue weighted by molar-refractivity contribution is 8.02. The Hall–Kier alpha value is -2.48. The van der Waals surface area contributed by atoms with E-state index in [9.17, 15) is 14.4 Å². The molecule has 1 aromatic carbocycles. The lowest BCUT2D eigenvalue weighted by Crippen LogP contribution is -2.42. The highest BCUT2D eigenvalue weighted by Crippen LogP contribution is 2.24. The summed E-state index contributed by atoms with van der Waals surface area (Å²) in [6.07, 6.45) is 1.48. The Morgan fingerprint density at radius 3 is 2.90 bits per heavy atom. The van der Waals surface area contributed by atoms with Crippen molar-refractivity contribution in [3.05, 3.63) is 40.5 Å². The van der Waals surface area contributed by atoms with Crippen molar-refractivity contribution in [2.45, 2.75) is 26.7 Å². The Kier molecular flexibility index (Phi) is 7.19. The first kappa shape index (κ1) is 21.2. The van der Waals surface area contributed by atoms with Gasteiger partial charge in [-0.3, -0.25) is 14.4 Å². The van der Waals surface area contributed by atoms with Crippen LogP contribution in [-0.2, 0) is 19.1 Å². The number of piperidine rings is 1. The smallest absolute Gasteiger partial charge is 0.310 e. The number of ether oxygens (including phenoxy) is 2. The van der Waals surface area contributed by atoms with Crippen molar-refractivity contribution in [2.75, 3.05) is 37.4 Å². The van der Waals surface area contributed by atoms with Crippen LogP contribution in [0.3, 0.4) is 0 Å². The quantitative estimate of drug-likeness (QED) is 0.740. The summed E-state index contributed by atoms with van der Waals surface area (Å²) in [7, 11) is 0. The number of thioether (sulfide) groups is 1. The molecule has 0 spiro atoms. The normalized spacial score (nSPS) is 19.0. The van der Waals surface area contributed by atoms with Crippen molar-refractivity contribution in [1.82, 2.24) is 4.90 Å². The van der Waals surface area contributed by atoms with E-state index in [2.05, 4.69) is 5.32 Å². The van der Waals surface area contributed by atoms with E-state index in [1.54, 1.807) is 35.4 Å². The fourth-order valence-corrected chi connectivity index (χ4v) is 3.98. The molecule has 2 aliphatic heterocycles. The number of hydrogen-bond acceptors (Lipinski definition) is 6. The number of esters is 1. The van der Waals surface area contributed by atoms with Crippen molar-refractivity contribution in [3.8, 4) is 0 Å². The lowest BCUT2D eigenvalue weighted by atomic mass is 9.97. The molecular weight excluding hydrogens is 392 g/mol. The van der Waals surface area contributed by atoms with Crippen LogP contribution in [0, 0.1) is 12.8 Å². The summed E-state index contributed by atoms with van der Waals surface area (Å²) in [6, 6.07) is 5.23. The third-order valence-electron chi connectivity index (χ3n) is 4.93. The lowest BCUT2D eigenvalue weighted by Gasteiger charge is -2.31. The number of benzene rings is 1. The van der Waals surface area contributed by atoms with Gasteiger partial charge in [-0.25, -0.2) is 0 Å². The van der Waals surface area contributed by atoms with Crippen LogP contribution >= 0.6 is 11.8 Å². The molecule has 2 aliphatic rings. The number of likely N-dealkylation sites (tertiary alicyclic amines) is 1. The average molecular weight is 419 g/mol. The second-order valence-electron chi connectivity index (χ2n) is 7.03. The van der Waals surface area contributed by atoms with Crippen molar-refractivity contribution >= 4 is 35.2 Å². The standard InChI is InChI=1S/C21H26N2O5S/c1-3-27-21(26)16-5-4-8-23(12-16)20(25)15-7-6-14(2)17(11-15)22-19(24)18-13-29-10-9-28-18/h6-7,11,13,16H,3-5,8-10,12H2,1-2H3,(H,22,24). The van der Waals surface area contributed by atoms with Crippen LogP contribution in [0.5, 0.6) is 0 Å². The Morgan fingerprint density at radius 2 is 2.17 bits per heavy atom. The number of carbonyl (C=O) groups is 3. The van der Waals surface area contributed by atoms with Gasteiger partial charge in [-0.05, 0) is 44.4 Å². The van der Waals surface area contributed by atoms with Crippen LogP contribution in [0.2, 0.25) is 0 Å². The number of hydrogen-bond donors (Lipinski definition) is 1. The van der Waals surface area contributed by atoms with Gasteiger partial charge in [-0.1, -0.05) is 6.07 Å². The minimum atomic E-state index is -0.328. The summed E-state index contributed by atoms with van der Waals surface area (Å²) in [5.41, 5.74) is 1.89. The number of amides is 2. The van der Waals surface area contributed by atoms with Gasteiger partial charge in [0.25, 0.3) is 11.8 Å². The van der Waals surface area contributed by atoms with Gasteiger partial charge < -0.3 is 19.7 Å². The van der Waals surface area contributed by atoms with Gasteiger partial charge >= 0.3 is 5.97 Å². The molecule has 0 aliphatic carbocycles. The van der Waals surface area contributed by atoms with E-state index in [1.807, 2.05) is 6.92 Å². The second kappa shape index (κ2) is 9.82. The van der Waals surface area contributed by atoms with E-state index in [4.69, 9.17) is 9.47 Å². The SMILES string of the molecule is CCOC(=O)C1CCCN(C(=O)c2ccc(C)c(NC(=O)C3=CSCCO3)c2)C1. The number of nitrogens with zero attached hydrogens (tertiary/aromatic N) is 1. The molecule has 7 nitrogen and oxygen atoms in total. The van der Waals surface area contributed by atoms with E-state index in [0.717, 1.165) is 24.2 Å². The fraction of sp³-hybridized carbons (Fsp3) is 0.476. The zero-order valence-corrected chi connectivity index (χ0v) is 17.5. The molecule has 1 unspecified atom stereocenters. The summed E-state index contributed by atoms with van der Waals surface area (Å²) in [5.74, 6) is 0.0855. The number of nitrogens with one attached hydrogen (secondary N) is 1. The van der Waals surface area contributed by atoms with Crippen molar-refractivity contribution in [3.63, 3.8) is 0 Å². The molecule has 3 rings (SSSR count).